The minimum absolute atomic E-state index is 0. The Labute approximate surface area is 139 Å². The van der Waals surface area contributed by atoms with Crippen molar-refractivity contribution in [3.8, 4) is 0 Å². The number of aromatic nitrogens is 2. The van der Waals surface area contributed by atoms with E-state index in [9.17, 15) is 9.18 Å². The average Bonchev–Trinajstić information content (AvgIpc) is 2.92. The standard InChI is InChI=1S/C14H8BrClFN3O.CH4/c15-8-1-2-10(9(16)4-8)20-13-7(5-21)3-11-14(12(13)17)19-6-18-11;/h1-6,20H,(H,18,19);1H4. The van der Waals surface area contributed by atoms with Crippen molar-refractivity contribution in [2.75, 3.05) is 5.32 Å². The summed E-state index contributed by atoms with van der Waals surface area (Å²) in [6, 6.07) is 6.66. The zero-order valence-electron chi connectivity index (χ0n) is 10.5. The molecule has 3 rings (SSSR count). The molecular formula is C15H12BrClFN3O. The van der Waals surface area contributed by atoms with Crippen LogP contribution in [0.15, 0.2) is 35.1 Å². The largest absolute Gasteiger partial charge is 0.351 e. The highest BCUT2D eigenvalue weighted by molar-refractivity contribution is 9.10. The van der Waals surface area contributed by atoms with Gasteiger partial charge in [0.2, 0.25) is 0 Å². The zero-order chi connectivity index (χ0) is 15.0. The number of carbonyl (C=O) groups is 1. The van der Waals surface area contributed by atoms with Gasteiger partial charge in [0, 0.05) is 10.0 Å². The van der Waals surface area contributed by atoms with Crippen LogP contribution < -0.4 is 5.32 Å². The number of hydrogen-bond donors (Lipinski definition) is 2. The fourth-order valence-electron chi connectivity index (χ4n) is 2.01. The van der Waals surface area contributed by atoms with E-state index >= 15 is 0 Å². The van der Waals surface area contributed by atoms with Gasteiger partial charge in [-0.15, -0.1) is 0 Å². The zero-order valence-corrected chi connectivity index (χ0v) is 12.8. The van der Waals surface area contributed by atoms with E-state index in [1.54, 1.807) is 18.2 Å². The molecule has 3 aromatic rings. The first-order chi connectivity index (χ1) is 10.1. The van der Waals surface area contributed by atoms with Gasteiger partial charge in [0.25, 0.3) is 0 Å². The number of anilines is 2. The molecule has 4 nitrogen and oxygen atoms in total. The summed E-state index contributed by atoms with van der Waals surface area (Å²) in [7, 11) is 0. The van der Waals surface area contributed by atoms with E-state index in [0.29, 0.717) is 22.5 Å². The summed E-state index contributed by atoms with van der Waals surface area (Å²) in [5, 5.41) is 3.26. The maximum Gasteiger partial charge on any atom is 0.175 e. The Morgan fingerprint density at radius 2 is 2.14 bits per heavy atom. The van der Waals surface area contributed by atoms with Crippen LogP contribution in [0, 0.1) is 5.82 Å². The minimum Gasteiger partial charge on any atom is -0.351 e. The van der Waals surface area contributed by atoms with Gasteiger partial charge in [-0.05, 0) is 24.3 Å². The molecule has 0 saturated heterocycles. The molecule has 22 heavy (non-hydrogen) atoms. The lowest BCUT2D eigenvalue weighted by molar-refractivity contribution is 0.112. The molecule has 114 valence electrons. The molecule has 0 saturated carbocycles. The van der Waals surface area contributed by atoms with Gasteiger partial charge in [-0.2, -0.15) is 0 Å². The molecule has 0 spiro atoms. The van der Waals surface area contributed by atoms with E-state index in [1.807, 2.05) is 0 Å². The molecule has 0 fully saturated rings. The molecule has 0 aliphatic rings. The van der Waals surface area contributed by atoms with Crippen molar-refractivity contribution in [3.05, 3.63) is 51.5 Å². The van der Waals surface area contributed by atoms with Crippen molar-refractivity contribution in [1.29, 1.82) is 0 Å². The van der Waals surface area contributed by atoms with E-state index < -0.39 is 5.82 Å². The van der Waals surface area contributed by atoms with Crippen LogP contribution in [0.5, 0.6) is 0 Å². The quantitative estimate of drug-likeness (QED) is 0.602. The summed E-state index contributed by atoms with van der Waals surface area (Å²) in [6.45, 7) is 0. The van der Waals surface area contributed by atoms with Gasteiger partial charge in [-0.1, -0.05) is 35.0 Å². The third-order valence-corrected chi connectivity index (χ3v) is 3.81. The first-order valence-electron chi connectivity index (χ1n) is 5.93. The van der Waals surface area contributed by atoms with E-state index in [-0.39, 0.29) is 24.2 Å². The number of nitrogens with one attached hydrogen (secondary N) is 2. The first kappa shape index (κ1) is 16.5. The summed E-state index contributed by atoms with van der Waals surface area (Å²) < 4.78 is 15.3. The number of hydrogen-bond acceptors (Lipinski definition) is 3. The van der Waals surface area contributed by atoms with Gasteiger partial charge >= 0.3 is 0 Å². The van der Waals surface area contributed by atoms with Gasteiger partial charge < -0.3 is 10.3 Å². The molecule has 0 atom stereocenters. The van der Waals surface area contributed by atoms with E-state index in [4.69, 9.17) is 11.6 Å². The van der Waals surface area contributed by atoms with Gasteiger partial charge in [0.05, 0.1) is 28.2 Å². The summed E-state index contributed by atoms with van der Waals surface area (Å²) >= 11 is 9.39. The fraction of sp³-hybridized carbons (Fsp3) is 0.0667. The van der Waals surface area contributed by atoms with Crippen LogP contribution in [0.3, 0.4) is 0 Å². The molecule has 2 N–H and O–H groups in total. The second-order valence-electron chi connectivity index (χ2n) is 4.32. The Morgan fingerprint density at radius 3 is 2.82 bits per heavy atom. The highest BCUT2D eigenvalue weighted by atomic mass is 79.9. The van der Waals surface area contributed by atoms with Crippen LogP contribution in [0.2, 0.25) is 5.02 Å². The maximum absolute atomic E-state index is 14.5. The van der Waals surface area contributed by atoms with Crippen LogP contribution in [-0.2, 0) is 0 Å². The van der Waals surface area contributed by atoms with Crippen molar-refractivity contribution < 1.29 is 9.18 Å². The van der Waals surface area contributed by atoms with Crippen LogP contribution in [0.1, 0.15) is 17.8 Å². The summed E-state index contributed by atoms with van der Waals surface area (Å²) in [5.74, 6) is -0.602. The number of H-pyrrole nitrogens is 1. The number of carbonyl (C=O) groups excluding carboxylic acids is 1. The van der Waals surface area contributed by atoms with Crippen molar-refractivity contribution in [2.24, 2.45) is 0 Å². The van der Waals surface area contributed by atoms with Gasteiger partial charge in [-0.3, -0.25) is 4.79 Å². The smallest absolute Gasteiger partial charge is 0.175 e. The van der Waals surface area contributed by atoms with E-state index in [0.717, 1.165) is 4.47 Å². The first-order valence-corrected chi connectivity index (χ1v) is 7.10. The van der Waals surface area contributed by atoms with E-state index in [2.05, 4.69) is 31.2 Å². The monoisotopic (exact) mass is 383 g/mol. The Balaban J connectivity index is 0.00000176. The van der Waals surface area contributed by atoms with Gasteiger partial charge in [-0.25, -0.2) is 9.37 Å². The summed E-state index contributed by atoms with van der Waals surface area (Å²) in [4.78, 5) is 17.9. The number of rotatable bonds is 3. The van der Waals surface area contributed by atoms with Crippen molar-refractivity contribution in [1.82, 2.24) is 9.97 Å². The van der Waals surface area contributed by atoms with Crippen LogP contribution in [0.25, 0.3) is 11.0 Å². The number of imidazole rings is 1. The number of nitrogens with zero attached hydrogens (tertiary/aromatic N) is 1. The maximum atomic E-state index is 14.5. The number of benzene rings is 2. The summed E-state index contributed by atoms with van der Waals surface area (Å²) in [5.41, 5.74) is 1.35. The van der Waals surface area contributed by atoms with E-state index in [1.165, 1.54) is 12.4 Å². The molecule has 1 aromatic heterocycles. The van der Waals surface area contributed by atoms with Crippen LogP contribution in [-0.4, -0.2) is 16.3 Å². The molecule has 2 aromatic carbocycles. The summed E-state index contributed by atoms with van der Waals surface area (Å²) in [6.07, 6.45) is 1.96. The Bertz CT molecular complexity index is 850. The number of fused-ring (bicyclic) bond motifs is 1. The predicted molar refractivity (Wildman–Crippen MR) is 90.6 cm³/mol. The Morgan fingerprint density at radius 1 is 1.36 bits per heavy atom. The van der Waals surface area contributed by atoms with Crippen molar-refractivity contribution >= 4 is 56.2 Å². The van der Waals surface area contributed by atoms with Crippen LogP contribution in [0.4, 0.5) is 15.8 Å². The van der Waals surface area contributed by atoms with Crippen LogP contribution >= 0.6 is 27.5 Å². The highest BCUT2D eigenvalue weighted by Gasteiger charge is 2.16. The number of aromatic amines is 1. The SMILES string of the molecule is C.O=Cc1cc2[nH]cnc2c(F)c1Nc1ccc(Br)cc1Cl. The molecule has 0 bridgehead atoms. The predicted octanol–water partition coefficient (Wildman–Crippen LogP) is 5.31. The molecule has 0 unspecified atom stereocenters. The minimum atomic E-state index is -0.602. The molecule has 7 heteroatoms. The topological polar surface area (TPSA) is 57.8 Å². The fourth-order valence-corrected chi connectivity index (χ4v) is 2.73. The van der Waals surface area contributed by atoms with Crippen molar-refractivity contribution in [2.45, 2.75) is 7.43 Å². The highest BCUT2D eigenvalue weighted by Crippen LogP contribution is 2.33. The molecule has 1 heterocycles. The molecule has 0 aliphatic heterocycles. The molecular weight excluding hydrogens is 373 g/mol. The normalized spacial score (nSPS) is 10.3. The van der Waals surface area contributed by atoms with Gasteiger partial charge in [0.1, 0.15) is 5.52 Å². The Kier molecular flexibility index (Phi) is 4.83. The molecule has 0 radical (unpaired) electrons. The Hall–Kier alpha value is -1.92. The lowest BCUT2D eigenvalue weighted by Crippen LogP contribution is -2.00. The molecule has 0 aliphatic carbocycles. The third-order valence-electron chi connectivity index (χ3n) is 3.00. The second-order valence-corrected chi connectivity index (χ2v) is 5.64. The van der Waals surface area contributed by atoms with Gasteiger partial charge in [0.15, 0.2) is 12.1 Å². The molecule has 0 amide bonds. The number of aldehydes is 1. The lowest BCUT2D eigenvalue weighted by Gasteiger charge is -2.12. The number of halogens is 3. The third kappa shape index (κ3) is 2.84. The second kappa shape index (κ2) is 6.46. The lowest BCUT2D eigenvalue weighted by atomic mass is 10.1. The average molecular weight is 385 g/mol. The van der Waals surface area contributed by atoms with Crippen molar-refractivity contribution in [3.63, 3.8) is 0 Å².